The van der Waals surface area contributed by atoms with Crippen molar-refractivity contribution in [3.63, 3.8) is 0 Å². The zero-order valence-corrected chi connectivity index (χ0v) is 19.9. The lowest BCUT2D eigenvalue weighted by molar-refractivity contribution is -0.124. The molecule has 3 aromatic rings. The summed E-state index contributed by atoms with van der Waals surface area (Å²) in [4.78, 5) is 30.5. The number of rotatable bonds is 6. The van der Waals surface area contributed by atoms with Crippen LogP contribution in [0, 0.1) is 0 Å². The van der Waals surface area contributed by atoms with E-state index in [9.17, 15) is 9.59 Å². The lowest BCUT2D eigenvalue weighted by Crippen LogP contribution is -2.50. The second kappa shape index (κ2) is 9.70. The summed E-state index contributed by atoms with van der Waals surface area (Å²) in [6.45, 7) is 0.535. The van der Waals surface area contributed by atoms with Gasteiger partial charge in [-0.2, -0.15) is 0 Å². The van der Waals surface area contributed by atoms with Gasteiger partial charge in [0.2, 0.25) is 5.91 Å². The quantitative estimate of drug-likeness (QED) is 0.473. The molecule has 0 radical (unpaired) electrons. The molecule has 1 aliphatic carbocycles. The Kier molecular flexibility index (Phi) is 6.52. The number of halogens is 1. The largest absolute Gasteiger partial charge is 0.355 e. The van der Waals surface area contributed by atoms with E-state index in [4.69, 9.17) is 11.6 Å². The average Bonchev–Trinajstić information content (AvgIpc) is 3.55. The highest BCUT2D eigenvalue weighted by molar-refractivity contribution is 7.10. The molecule has 0 spiro atoms. The molecule has 1 fully saturated rings. The van der Waals surface area contributed by atoms with Crippen molar-refractivity contribution in [1.29, 1.82) is 0 Å². The van der Waals surface area contributed by atoms with Crippen LogP contribution >= 0.6 is 22.9 Å². The van der Waals surface area contributed by atoms with Crippen molar-refractivity contribution in [3.8, 4) is 0 Å². The smallest absolute Gasteiger partial charge is 0.254 e. The number of fused-ring (bicyclic) bond motifs is 1. The molecule has 5 rings (SSSR count). The molecule has 33 heavy (non-hydrogen) atoms. The molecule has 0 bridgehead atoms. The van der Waals surface area contributed by atoms with E-state index in [1.54, 1.807) is 11.3 Å². The van der Waals surface area contributed by atoms with E-state index in [2.05, 4.69) is 11.4 Å². The molecule has 2 aromatic carbocycles. The first-order chi connectivity index (χ1) is 16.1. The van der Waals surface area contributed by atoms with Crippen molar-refractivity contribution in [2.24, 2.45) is 0 Å². The van der Waals surface area contributed by atoms with Crippen LogP contribution in [0.1, 0.15) is 64.0 Å². The van der Waals surface area contributed by atoms with Crippen LogP contribution in [-0.2, 0) is 11.2 Å². The normalized spacial score (nSPS) is 20.6. The third-order valence-electron chi connectivity index (χ3n) is 6.84. The fraction of sp³-hybridized carbons (Fsp3) is 0.333. The van der Waals surface area contributed by atoms with Crippen molar-refractivity contribution in [3.05, 3.63) is 92.6 Å². The summed E-state index contributed by atoms with van der Waals surface area (Å²) in [5.74, 6) is -0.394. The molecule has 1 aromatic heterocycles. The first kappa shape index (κ1) is 22.2. The van der Waals surface area contributed by atoms with Crippen molar-refractivity contribution in [1.82, 2.24) is 10.2 Å². The molecule has 2 heterocycles. The highest BCUT2D eigenvalue weighted by Crippen LogP contribution is 2.47. The molecular weight excluding hydrogens is 452 g/mol. The predicted molar refractivity (Wildman–Crippen MR) is 133 cm³/mol. The minimum atomic E-state index is -0.427. The Labute approximate surface area is 203 Å². The van der Waals surface area contributed by atoms with Crippen LogP contribution in [0.2, 0.25) is 5.02 Å². The number of hydrogen-bond donors (Lipinski definition) is 1. The second-order valence-electron chi connectivity index (χ2n) is 8.84. The average molecular weight is 479 g/mol. The van der Waals surface area contributed by atoms with E-state index in [0.29, 0.717) is 17.1 Å². The number of carbonyl (C=O) groups is 2. The van der Waals surface area contributed by atoms with Crippen LogP contribution in [0.3, 0.4) is 0 Å². The molecule has 170 valence electrons. The molecule has 2 aliphatic rings. The van der Waals surface area contributed by atoms with Gasteiger partial charge in [-0.05, 0) is 60.0 Å². The predicted octanol–water partition coefficient (Wildman–Crippen LogP) is 5.98. The van der Waals surface area contributed by atoms with Crippen LogP contribution in [0.15, 0.2) is 66.0 Å². The molecule has 0 saturated heterocycles. The minimum Gasteiger partial charge on any atom is -0.355 e. The van der Waals surface area contributed by atoms with Crippen LogP contribution in [0.4, 0.5) is 0 Å². The van der Waals surface area contributed by atoms with Gasteiger partial charge in [0.1, 0.15) is 0 Å². The number of thiophene rings is 1. The van der Waals surface area contributed by atoms with Crippen molar-refractivity contribution >= 4 is 34.8 Å². The lowest BCUT2D eigenvalue weighted by atomic mass is 9.80. The number of nitrogens with zero attached hydrogens (tertiary/aromatic N) is 1. The third kappa shape index (κ3) is 4.44. The van der Waals surface area contributed by atoms with E-state index < -0.39 is 5.92 Å². The maximum absolute atomic E-state index is 13.7. The Morgan fingerprint density at radius 1 is 1.03 bits per heavy atom. The fourth-order valence-electron chi connectivity index (χ4n) is 5.27. The zero-order chi connectivity index (χ0) is 22.8. The van der Waals surface area contributed by atoms with Gasteiger partial charge in [0.25, 0.3) is 5.91 Å². The topological polar surface area (TPSA) is 49.4 Å². The minimum absolute atomic E-state index is 0.0229. The van der Waals surface area contributed by atoms with Gasteiger partial charge in [-0.3, -0.25) is 9.59 Å². The van der Waals surface area contributed by atoms with Crippen molar-refractivity contribution in [2.75, 3.05) is 6.54 Å². The van der Waals surface area contributed by atoms with Gasteiger partial charge in [0.05, 0.1) is 12.0 Å². The summed E-state index contributed by atoms with van der Waals surface area (Å²) >= 11 is 7.61. The Bertz CT molecular complexity index is 1120. The highest BCUT2D eigenvalue weighted by atomic mass is 35.5. The summed E-state index contributed by atoms with van der Waals surface area (Å²) in [7, 11) is 0. The Morgan fingerprint density at radius 2 is 1.79 bits per heavy atom. The zero-order valence-electron chi connectivity index (χ0n) is 18.4. The molecule has 2 atom stereocenters. The number of nitrogens with one attached hydrogen (secondary N) is 1. The standard InChI is InChI=1S/C27H27ClN2O2S/c28-19-13-11-18(12-14-19)15-16-29-26(31)24-21-8-3-4-9-22(21)27(32)30(20-6-1-2-7-20)25(24)23-10-5-17-33-23/h3-5,8-14,17,20,24-25H,1-2,6-7,15-16H2,(H,29,31)/t24-,25+/m0/s1. The maximum Gasteiger partial charge on any atom is 0.254 e. The van der Waals surface area contributed by atoms with Gasteiger partial charge in [-0.15, -0.1) is 11.3 Å². The number of amides is 2. The summed E-state index contributed by atoms with van der Waals surface area (Å²) in [6, 6.07) is 19.3. The monoisotopic (exact) mass is 478 g/mol. The first-order valence-corrected chi connectivity index (χ1v) is 12.9. The molecule has 1 aliphatic heterocycles. The third-order valence-corrected chi connectivity index (χ3v) is 8.03. The molecule has 2 amide bonds. The van der Waals surface area contributed by atoms with Crippen LogP contribution < -0.4 is 5.32 Å². The van der Waals surface area contributed by atoms with Gasteiger partial charge >= 0.3 is 0 Å². The van der Waals surface area contributed by atoms with Gasteiger partial charge < -0.3 is 10.2 Å². The highest BCUT2D eigenvalue weighted by Gasteiger charge is 2.47. The van der Waals surface area contributed by atoms with Crippen LogP contribution in [-0.4, -0.2) is 29.3 Å². The summed E-state index contributed by atoms with van der Waals surface area (Å²) in [5, 5.41) is 5.91. The SMILES string of the molecule is O=C(NCCc1ccc(Cl)cc1)[C@H]1c2ccccc2C(=O)N(C2CCCC2)[C@@H]1c1cccs1. The van der Waals surface area contributed by atoms with Crippen molar-refractivity contribution < 1.29 is 9.59 Å². The Hall–Kier alpha value is -2.63. The van der Waals surface area contributed by atoms with E-state index in [1.165, 1.54) is 0 Å². The molecule has 4 nitrogen and oxygen atoms in total. The van der Waals surface area contributed by atoms with Gasteiger partial charge in [-0.1, -0.05) is 60.8 Å². The van der Waals surface area contributed by atoms with E-state index in [0.717, 1.165) is 48.1 Å². The summed E-state index contributed by atoms with van der Waals surface area (Å²) in [6.07, 6.45) is 4.99. The van der Waals surface area contributed by atoms with E-state index in [-0.39, 0.29) is 23.9 Å². The molecule has 6 heteroatoms. The maximum atomic E-state index is 13.7. The lowest BCUT2D eigenvalue weighted by Gasteiger charge is -2.44. The molecule has 1 N–H and O–H groups in total. The van der Waals surface area contributed by atoms with Crippen LogP contribution in [0.5, 0.6) is 0 Å². The van der Waals surface area contributed by atoms with E-state index >= 15 is 0 Å². The Balaban J connectivity index is 1.46. The molecule has 0 unspecified atom stereocenters. The molecule has 1 saturated carbocycles. The fourth-order valence-corrected chi connectivity index (χ4v) is 6.26. The number of carbonyl (C=O) groups excluding carboxylic acids is 2. The second-order valence-corrected chi connectivity index (χ2v) is 10.3. The van der Waals surface area contributed by atoms with Gasteiger partial charge in [0.15, 0.2) is 0 Å². The van der Waals surface area contributed by atoms with Gasteiger partial charge in [0, 0.05) is 28.0 Å². The van der Waals surface area contributed by atoms with E-state index in [1.807, 2.05) is 64.9 Å². The number of hydrogen-bond acceptors (Lipinski definition) is 3. The van der Waals surface area contributed by atoms with Crippen molar-refractivity contribution in [2.45, 2.75) is 50.1 Å². The van der Waals surface area contributed by atoms with Gasteiger partial charge in [-0.25, -0.2) is 0 Å². The first-order valence-electron chi connectivity index (χ1n) is 11.6. The molecular formula is C27H27ClN2O2S. The number of benzene rings is 2. The Morgan fingerprint density at radius 3 is 2.52 bits per heavy atom. The van der Waals surface area contributed by atoms with Crippen LogP contribution in [0.25, 0.3) is 0 Å². The summed E-state index contributed by atoms with van der Waals surface area (Å²) in [5.41, 5.74) is 2.62. The summed E-state index contributed by atoms with van der Waals surface area (Å²) < 4.78 is 0.